The van der Waals surface area contributed by atoms with Gasteiger partial charge >= 0.3 is 5.97 Å². The number of hydrogen-bond donors (Lipinski definition) is 2. The van der Waals surface area contributed by atoms with Crippen molar-refractivity contribution in [3.8, 4) is 0 Å². The first kappa shape index (κ1) is 14.2. The predicted octanol–water partition coefficient (Wildman–Crippen LogP) is 2.84. The van der Waals surface area contributed by atoms with Gasteiger partial charge in [-0.05, 0) is 32.0 Å². The highest BCUT2D eigenvalue weighted by atomic mass is 35.5. The Balaban J connectivity index is 2.98. The molecular formula is C12H11ClFNO3. The Kier molecular flexibility index (Phi) is 4.44. The molecular weight excluding hydrogens is 261 g/mol. The quantitative estimate of drug-likeness (QED) is 0.831. The highest BCUT2D eigenvalue weighted by Crippen LogP contribution is 2.23. The average Bonchev–Trinajstić information content (AvgIpc) is 2.31. The molecule has 0 aliphatic heterocycles. The highest BCUT2D eigenvalue weighted by Gasteiger charge is 2.14. The lowest BCUT2D eigenvalue weighted by atomic mass is 10.1. The number of carbonyl (C=O) groups excluding carboxylic acids is 1. The molecule has 0 aliphatic rings. The van der Waals surface area contributed by atoms with Gasteiger partial charge in [-0.25, -0.2) is 9.18 Å². The van der Waals surface area contributed by atoms with Crippen LogP contribution in [-0.4, -0.2) is 17.0 Å². The molecule has 1 aromatic carbocycles. The third-order valence-electron chi connectivity index (χ3n) is 2.40. The highest BCUT2D eigenvalue weighted by molar-refractivity contribution is 6.33. The van der Waals surface area contributed by atoms with Gasteiger partial charge in [-0.1, -0.05) is 11.6 Å². The Morgan fingerprint density at radius 3 is 2.44 bits per heavy atom. The van der Waals surface area contributed by atoms with Crippen LogP contribution in [0.15, 0.2) is 29.3 Å². The zero-order valence-corrected chi connectivity index (χ0v) is 10.5. The van der Waals surface area contributed by atoms with Gasteiger partial charge in [0.2, 0.25) is 0 Å². The second-order valence-electron chi connectivity index (χ2n) is 3.63. The summed E-state index contributed by atoms with van der Waals surface area (Å²) in [6.07, 6.45) is 0. The molecule has 0 fully saturated rings. The largest absolute Gasteiger partial charge is 0.478 e. The van der Waals surface area contributed by atoms with Crippen LogP contribution in [0.5, 0.6) is 0 Å². The number of anilines is 1. The van der Waals surface area contributed by atoms with Crippen LogP contribution in [0.3, 0.4) is 0 Å². The number of hydrogen-bond acceptors (Lipinski definition) is 2. The molecule has 18 heavy (non-hydrogen) atoms. The topological polar surface area (TPSA) is 66.4 Å². The fourth-order valence-corrected chi connectivity index (χ4v) is 1.30. The summed E-state index contributed by atoms with van der Waals surface area (Å²) in [4.78, 5) is 22.4. The van der Waals surface area contributed by atoms with E-state index < -0.39 is 17.7 Å². The molecule has 6 heteroatoms. The van der Waals surface area contributed by atoms with Crippen LogP contribution in [0.4, 0.5) is 10.1 Å². The van der Waals surface area contributed by atoms with E-state index >= 15 is 0 Å². The molecule has 2 N–H and O–H groups in total. The zero-order valence-electron chi connectivity index (χ0n) is 9.75. The van der Waals surface area contributed by atoms with E-state index in [1.54, 1.807) is 0 Å². The summed E-state index contributed by atoms with van der Waals surface area (Å²) in [6, 6.07) is 3.52. The summed E-state index contributed by atoms with van der Waals surface area (Å²) in [7, 11) is 0. The van der Waals surface area contributed by atoms with Crippen molar-refractivity contribution in [2.24, 2.45) is 0 Å². The van der Waals surface area contributed by atoms with Crippen LogP contribution in [-0.2, 0) is 9.59 Å². The van der Waals surface area contributed by atoms with Gasteiger partial charge in [0, 0.05) is 11.1 Å². The first-order chi connectivity index (χ1) is 8.32. The standard InChI is InChI=1S/C12H11ClFNO3/c1-6(7(2)12(17)18)11(16)15-10-5-8(14)3-4-9(10)13/h3-5H,1-2H3,(H,15,16)(H,17,18)/b7-6+. The van der Waals surface area contributed by atoms with Crippen molar-refractivity contribution in [2.45, 2.75) is 13.8 Å². The zero-order chi connectivity index (χ0) is 13.9. The van der Waals surface area contributed by atoms with E-state index in [0.717, 1.165) is 12.1 Å². The summed E-state index contributed by atoms with van der Waals surface area (Å²) < 4.78 is 13.0. The summed E-state index contributed by atoms with van der Waals surface area (Å²) in [6.45, 7) is 2.68. The van der Waals surface area contributed by atoms with E-state index in [2.05, 4.69) is 5.32 Å². The Morgan fingerprint density at radius 2 is 1.89 bits per heavy atom. The third kappa shape index (κ3) is 3.30. The van der Waals surface area contributed by atoms with Crippen molar-refractivity contribution in [3.63, 3.8) is 0 Å². The van der Waals surface area contributed by atoms with E-state index in [1.165, 1.54) is 19.9 Å². The summed E-state index contributed by atoms with van der Waals surface area (Å²) in [5, 5.41) is 11.3. The predicted molar refractivity (Wildman–Crippen MR) is 66.0 cm³/mol. The Labute approximate surface area is 108 Å². The van der Waals surface area contributed by atoms with Crippen LogP contribution in [0.25, 0.3) is 0 Å². The van der Waals surface area contributed by atoms with E-state index in [9.17, 15) is 14.0 Å². The summed E-state index contributed by atoms with van der Waals surface area (Å²) in [5.41, 5.74) is 0.0436. The van der Waals surface area contributed by atoms with Gasteiger partial charge in [-0.15, -0.1) is 0 Å². The van der Waals surface area contributed by atoms with Gasteiger partial charge in [0.1, 0.15) is 5.82 Å². The fourth-order valence-electron chi connectivity index (χ4n) is 1.14. The Bertz CT molecular complexity index is 540. The summed E-state index contributed by atoms with van der Waals surface area (Å²) >= 11 is 5.77. The first-order valence-electron chi connectivity index (χ1n) is 5.00. The fraction of sp³-hybridized carbons (Fsp3) is 0.167. The van der Waals surface area contributed by atoms with Gasteiger partial charge < -0.3 is 10.4 Å². The minimum absolute atomic E-state index is 0.0304. The average molecular weight is 272 g/mol. The van der Waals surface area contributed by atoms with Gasteiger partial charge in [-0.2, -0.15) is 0 Å². The van der Waals surface area contributed by atoms with E-state index in [1.807, 2.05) is 0 Å². The molecule has 0 unspecified atom stereocenters. The van der Waals surface area contributed by atoms with Gasteiger partial charge in [0.25, 0.3) is 5.91 Å². The molecule has 0 aromatic heterocycles. The number of carbonyl (C=O) groups is 2. The maximum Gasteiger partial charge on any atom is 0.331 e. The smallest absolute Gasteiger partial charge is 0.331 e. The summed E-state index contributed by atoms with van der Waals surface area (Å²) in [5.74, 6) is -2.37. The number of benzene rings is 1. The normalized spacial score (nSPS) is 11.8. The number of halogens is 2. The second-order valence-corrected chi connectivity index (χ2v) is 4.04. The lowest BCUT2D eigenvalue weighted by molar-refractivity contribution is -0.133. The molecule has 0 aliphatic carbocycles. The maximum atomic E-state index is 13.0. The van der Waals surface area contributed by atoms with Crippen molar-refractivity contribution in [1.29, 1.82) is 0 Å². The molecule has 0 heterocycles. The molecule has 0 radical (unpaired) electrons. The Hall–Kier alpha value is -1.88. The SMILES string of the molecule is C/C(C(=O)O)=C(/C)C(=O)Nc1cc(F)ccc1Cl. The van der Waals surface area contributed by atoms with E-state index in [-0.39, 0.29) is 21.9 Å². The molecule has 1 aromatic rings. The van der Waals surface area contributed by atoms with Crippen molar-refractivity contribution in [2.75, 3.05) is 5.32 Å². The van der Waals surface area contributed by atoms with Crippen molar-refractivity contribution in [1.82, 2.24) is 0 Å². The monoisotopic (exact) mass is 271 g/mol. The minimum Gasteiger partial charge on any atom is -0.478 e. The van der Waals surface area contributed by atoms with E-state index in [4.69, 9.17) is 16.7 Å². The first-order valence-corrected chi connectivity index (χ1v) is 5.38. The van der Waals surface area contributed by atoms with Crippen molar-refractivity contribution < 1.29 is 19.1 Å². The van der Waals surface area contributed by atoms with Crippen molar-refractivity contribution in [3.05, 3.63) is 40.2 Å². The molecule has 96 valence electrons. The molecule has 0 atom stereocenters. The van der Waals surface area contributed by atoms with Crippen molar-refractivity contribution >= 4 is 29.2 Å². The number of aliphatic carboxylic acids is 1. The van der Waals surface area contributed by atoms with Crippen LogP contribution >= 0.6 is 11.6 Å². The number of rotatable bonds is 3. The molecule has 0 saturated carbocycles. The molecule has 0 saturated heterocycles. The van der Waals surface area contributed by atoms with Gasteiger partial charge in [0.15, 0.2) is 0 Å². The van der Waals surface area contributed by atoms with Gasteiger partial charge in [-0.3, -0.25) is 4.79 Å². The minimum atomic E-state index is -1.19. The third-order valence-corrected chi connectivity index (χ3v) is 2.73. The lowest BCUT2D eigenvalue weighted by Gasteiger charge is -2.08. The van der Waals surface area contributed by atoms with Crippen LogP contribution in [0, 0.1) is 5.82 Å². The molecule has 0 bridgehead atoms. The van der Waals surface area contributed by atoms with Crippen LogP contribution < -0.4 is 5.32 Å². The molecule has 0 spiro atoms. The Morgan fingerprint density at radius 1 is 1.28 bits per heavy atom. The number of carboxylic acids is 1. The van der Waals surface area contributed by atoms with Crippen LogP contribution in [0.1, 0.15) is 13.8 Å². The van der Waals surface area contributed by atoms with Crippen LogP contribution in [0.2, 0.25) is 5.02 Å². The molecule has 4 nitrogen and oxygen atoms in total. The second kappa shape index (κ2) is 5.64. The van der Waals surface area contributed by atoms with Gasteiger partial charge in [0.05, 0.1) is 10.7 Å². The number of amides is 1. The maximum absolute atomic E-state index is 13.0. The lowest BCUT2D eigenvalue weighted by Crippen LogP contribution is -2.16. The molecule has 1 amide bonds. The number of nitrogens with one attached hydrogen (secondary N) is 1. The molecule has 1 rings (SSSR count). The van der Waals surface area contributed by atoms with E-state index in [0.29, 0.717) is 0 Å². The number of carboxylic acid groups (broad SMARTS) is 1.